The van der Waals surface area contributed by atoms with Crippen molar-refractivity contribution >= 4 is 35.1 Å². The highest BCUT2D eigenvalue weighted by Gasteiger charge is 2.09. The van der Waals surface area contributed by atoms with Gasteiger partial charge in [0, 0.05) is 31.0 Å². The van der Waals surface area contributed by atoms with Gasteiger partial charge in [-0.25, -0.2) is 0 Å². The molecule has 1 aromatic carbocycles. The monoisotopic (exact) mass is 302 g/mol. The zero-order valence-corrected chi connectivity index (χ0v) is 13.2. The summed E-state index contributed by atoms with van der Waals surface area (Å²) in [7, 11) is 5.27. The van der Waals surface area contributed by atoms with Gasteiger partial charge in [0.15, 0.2) is 11.0 Å². The van der Waals surface area contributed by atoms with Crippen LogP contribution in [0.15, 0.2) is 18.2 Å². The molecule has 0 aromatic heterocycles. The van der Waals surface area contributed by atoms with Gasteiger partial charge in [-0.1, -0.05) is 11.8 Å². The van der Waals surface area contributed by atoms with E-state index in [-0.39, 0.29) is 18.2 Å². The normalized spacial score (nSPS) is 9.47. The Balaban J connectivity index is 0.00000324. The van der Waals surface area contributed by atoms with Gasteiger partial charge in [0.2, 0.25) is 0 Å². The Kier molecular flexibility index (Phi) is 7.56. The molecule has 0 aliphatic heterocycles. The molecule has 0 unspecified atom stereocenters. The number of Topliss-reactive ketones (excluding diaryl/α,β-unsaturated/α-hetero) is 1. The van der Waals surface area contributed by atoms with Gasteiger partial charge in [0.05, 0.1) is 7.11 Å². The number of ketones is 1. The van der Waals surface area contributed by atoms with Crippen molar-refractivity contribution in [1.29, 1.82) is 5.41 Å². The van der Waals surface area contributed by atoms with Crippen molar-refractivity contribution in [3.63, 3.8) is 0 Å². The van der Waals surface area contributed by atoms with Crippen LogP contribution in [0, 0.1) is 5.41 Å². The van der Waals surface area contributed by atoms with Gasteiger partial charge in [0.1, 0.15) is 5.75 Å². The molecule has 19 heavy (non-hydrogen) atoms. The Morgan fingerprint density at radius 3 is 2.53 bits per heavy atom. The number of rotatable bonds is 4. The molecule has 106 valence electrons. The van der Waals surface area contributed by atoms with E-state index < -0.39 is 0 Å². The average molecular weight is 303 g/mol. The molecule has 1 rings (SSSR count). The first-order chi connectivity index (χ1) is 8.45. The van der Waals surface area contributed by atoms with Gasteiger partial charge < -0.3 is 9.64 Å². The number of nitrogens with one attached hydrogen (secondary N) is 1. The highest BCUT2D eigenvalue weighted by Crippen LogP contribution is 2.25. The van der Waals surface area contributed by atoms with Crippen LogP contribution >= 0.6 is 24.2 Å². The van der Waals surface area contributed by atoms with E-state index in [0.29, 0.717) is 16.5 Å². The summed E-state index contributed by atoms with van der Waals surface area (Å²) >= 11 is 1.41. The number of carbonyl (C=O) groups is 1. The van der Waals surface area contributed by atoms with Gasteiger partial charge in [0.25, 0.3) is 0 Å². The van der Waals surface area contributed by atoms with Crippen LogP contribution in [-0.2, 0) is 5.75 Å². The summed E-state index contributed by atoms with van der Waals surface area (Å²) in [6, 6.07) is 5.38. The van der Waals surface area contributed by atoms with E-state index in [1.54, 1.807) is 31.1 Å². The molecular weight excluding hydrogens is 284 g/mol. The van der Waals surface area contributed by atoms with E-state index in [2.05, 4.69) is 0 Å². The lowest BCUT2D eigenvalue weighted by Crippen LogP contribution is -2.17. The van der Waals surface area contributed by atoms with Gasteiger partial charge in [-0.2, -0.15) is 0 Å². The fraction of sp³-hybridized carbons (Fsp3) is 0.385. The number of hydrogen-bond acceptors (Lipinski definition) is 4. The Hall–Kier alpha value is -1.20. The molecule has 0 aliphatic carbocycles. The summed E-state index contributed by atoms with van der Waals surface area (Å²) in [5, 5.41) is 8.22. The SMILES string of the molecule is COc1ccc(C(C)=O)cc1CSC(=N)N(C)C.Cl. The van der Waals surface area contributed by atoms with Gasteiger partial charge in [-0.3, -0.25) is 10.2 Å². The van der Waals surface area contributed by atoms with Crippen molar-refractivity contribution in [2.24, 2.45) is 0 Å². The number of halogens is 1. The third-order valence-electron chi connectivity index (χ3n) is 2.46. The molecule has 1 N–H and O–H groups in total. The molecule has 0 atom stereocenters. The van der Waals surface area contributed by atoms with Gasteiger partial charge in [-0.05, 0) is 25.1 Å². The summed E-state index contributed by atoms with van der Waals surface area (Å²) in [6.45, 7) is 1.54. The number of benzene rings is 1. The number of methoxy groups -OCH3 is 1. The Labute approximate surface area is 124 Å². The number of amidine groups is 1. The first-order valence-electron chi connectivity index (χ1n) is 5.52. The van der Waals surface area contributed by atoms with Gasteiger partial charge >= 0.3 is 0 Å². The second-order valence-electron chi connectivity index (χ2n) is 4.07. The second-order valence-corrected chi connectivity index (χ2v) is 5.04. The zero-order valence-electron chi connectivity index (χ0n) is 11.5. The maximum atomic E-state index is 11.3. The maximum absolute atomic E-state index is 11.3. The van der Waals surface area contributed by atoms with Crippen molar-refractivity contribution in [1.82, 2.24) is 4.90 Å². The molecule has 0 radical (unpaired) electrons. The van der Waals surface area contributed by atoms with Crippen molar-refractivity contribution in [2.75, 3.05) is 21.2 Å². The quantitative estimate of drug-likeness (QED) is 0.528. The summed E-state index contributed by atoms with van der Waals surface area (Å²) in [5.74, 6) is 1.40. The maximum Gasteiger partial charge on any atom is 0.159 e. The molecule has 0 aliphatic rings. The summed E-state index contributed by atoms with van der Waals surface area (Å²) in [6.07, 6.45) is 0. The molecule has 0 bridgehead atoms. The van der Waals surface area contributed by atoms with Gasteiger partial charge in [-0.15, -0.1) is 12.4 Å². The molecule has 0 saturated carbocycles. The van der Waals surface area contributed by atoms with Crippen LogP contribution in [0.1, 0.15) is 22.8 Å². The minimum atomic E-state index is 0. The molecule has 0 fully saturated rings. The lowest BCUT2D eigenvalue weighted by Gasteiger charge is -2.14. The third-order valence-corrected chi connectivity index (χ3v) is 3.55. The minimum absolute atomic E-state index is 0. The second kappa shape index (κ2) is 8.07. The predicted molar refractivity (Wildman–Crippen MR) is 83.0 cm³/mol. The fourth-order valence-corrected chi connectivity index (χ4v) is 2.16. The van der Waals surface area contributed by atoms with E-state index >= 15 is 0 Å². The van der Waals surface area contributed by atoms with E-state index in [1.165, 1.54) is 11.8 Å². The molecular formula is C13H19ClN2O2S. The standard InChI is InChI=1S/C13H18N2O2S.ClH/c1-9(16)10-5-6-12(17-4)11(7-10)8-18-13(14)15(2)3;/h5-7,14H,8H2,1-4H3;1H. The zero-order chi connectivity index (χ0) is 13.7. The number of ether oxygens (including phenoxy) is 1. The first kappa shape index (κ1) is 17.8. The van der Waals surface area contributed by atoms with Crippen molar-refractivity contribution in [3.8, 4) is 5.75 Å². The fourth-order valence-electron chi connectivity index (χ4n) is 1.39. The number of carbonyl (C=O) groups excluding carboxylic acids is 1. The predicted octanol–water partition coefficient (Wildman–Crippen LogP) is 3.05. The van der Waals surface area contributed by atoms with Crippen molar-refractivity contribution < 1.29 is 9.53 Å². The van der Waals surface area contributed by atoms with Crippen LogP contribution < -0.4 is 4.74 Å². The van der Waals surface area contributed by atoms with Crippen LogP contribution in [0.4, 0.5) is 0 Å². The highest BCUT2D eigenvalue weighted by atomic mass is 35.5. The van der Waals surface area contributed by atoms with Crippen LogP contribution in [0.25, 0.3) is 0 Å². The first-order valence-corrected chi connectivity index (χ1v) is 6.50. The van der Waals surface area contributed by atoms with E-state index in [9.17, 15) is 4.79 Å². The Morgan fingerprint density at radius 2 is 2.05 bits per heavy atom. The number of thioether (sulfide) groups is 1. The lowest BCUT2D eigenvalue weighted by atomic mass is 10.1. The molecule has 6 heteroatoms. The largest absolute Gasteiger partial charge is 0.496 e. The third kappa shape index (κ3) is 5.12. The highest BCUT2D eigenvalue weighted by molar-refractivity contribution is 8.13. The smallest absolute Gasteiger partial charge is 0.159 e. The lowest BCUT2D eigenvalue weighted by molar-refractivity contribution is 0.101. The number of hydrogen-bond donors (Lipinski definition) is 1. The van der Waals surface area contributed by atoms with Crippen molar-refractivity contribution in [3.05, 3.63) is 29.3 Å². The molecule has 1 aromatic rings. The van der Waals surface area contributed by atoms with E-state index in [0.717, 1.165) is 11.3 Å². The molecule has 0 saturated heterocycles. The Bertz CT molecular complexity index is 464. The molecule has 0 spiro atoms. The summed E-state index contributed by atoms with van der Waals surface area (Å²) in [4.78, 5) is 13.1. The van der Waals surface area contributed by atoms with E-state index in [1.807, 2.05) is 20.2 Å². The van der Waals surface area contributed by atoms with Crippen LogP contribution in [0.5, 0.6) is 5.75 Å². The van der Waals surface area contributed by atoms with E-state index in [4.69, 9.17) is 10.1 Å². The summed E-state index contributed by atoms with van der Waals surface area (Å²) < 4.78 is 5.26. The molecule has 0 heterocycles. The van der Waals surface area contributed by atoms with Crippen LogP contribution in [-0.4, -0.2) is 37.1 Å². The number of nitrogens with zero attached hydrogens (tertiary/aromatic N) is 1. The van der Waals surface area contributed by atoms with Crippen LogP contribution in [0.2, 0.25) is 0 Å². The Morgan fingerprint density at radius 1 is 1.42 bits per heavy atom. The van der Waals surface area contributed by atoms with Crippen molar-refractivity contribution in [2.45, 2.75) is 12.7 Å². The topological polar surface area (TPSA) is 53.4 Å². The molecule has 4 nitrogen and oxygen atoms in total. The minimum Gasteiger partial charge on any atom is -0.496 e. The average Bonchev–Trinajstić information content (AvgIpc) is 2.35. The molecule has 0 amide bonds. The summed E-state index contributed by atoms with van der Waals surface area (Å²) in [5.41, 5.74) is 1.60. The van der Waals surface area contributed by atoms with Crippen LogP contribution in [0.3, 0.4) is 0 Å².